The zero-order valence-corrected chi connectivity index (χ0v) is 15.7. The molecule has 1 aliphatic rings. The third-order valence-electron chi connectivity index (χ3n) is 4.78. The van der Waals surface area contributed by atoms with Gasteiger partial charge in [-0.25, -0.2) is 0 Å². The van der Waals surface area contributed by atoms with Gasteiger partial charge in [0.1, 0.15) is 5.56 Å². The molecule has 1 aliphatic carbocycles. The van der Waals surface area contributed by atoms with Gasteiger partial charge in [0.05, 0.1) is 0 Å². The standard InChI is InChI=1S/C22H17ClN2O3/c23-14-9-11-16(12-10-14)25-19-7-4-8-20(26)17(19)13-18(22(25)28)21(27)24-15-5-2-1-3-6-15/h1-3,5-6,9-13H,4,7-8H2,(H,24,27). The lowest BCUT2D eigenvalue weighted by molar-refractivity contribution is 0.0971. The highest BCUT2D eigenvalue weighted by Crippen LogP contribution is 2.24. The quantitative estimate of drug-likeness (QED) is 0.724. The molecule has 2 aromatic carbocycles. The molecule has 1 N–H and O–H groups in total. The van der Waals surface area contributed by atoms with Crippen molar-refractivity contribution in [3.63, 3.8) is 0 Å². The van der Waals surface area contributed by atoms with Crippen molar-refractivity contribution in [1.82, 2.24) is 4.57 Å². The van der Waals surface area contributed by atoms with Crippen LogP contribution in [0.3, 0.4) is 0 Å². The van der Waals surface area contributed by atoms with Gasteiger partial charge in [0.15, 0.2) is 5.78 Å². The molecule has 0 bridgehead atoms. The summed E-state index contributed by atoms with van der Waals surface area (Å²) in [5, 5.41) is 3.27. The van der Waals surface area contributed by atoms with Gasteiger partial charge in [-0.05, 0) is 55.3 Å². The molecular weight excluding hydrogens is 376 g/mol. The number of anilines is 1. The average molecular weight is 393 g/mol. The number of rotatable bonds is 3. The third kappa shape index (κ3) is 3.37. The molecule has 28 heavy (non-hydrogen) atoms. The van der Waals surface area contributed by atoms with Crippen LogP contribution in [0.2, 0.25) is 5.02 Å². The van der Waals surface area contributed by atoms with Crippen LogP contribution in [0, 0.1) is 0 Å². The number of halogens is 1. The molecule has 6 heteroatoms. The molecule has 0 fully saturated rings. The lowest BCUT2D eigenvalue weighted by Gasteiger charge is -2.21. The fourth-order valence-corrected chi connectivity index (χ4v) is 3.56. The molecule has 0 aliphatic heterocycles. The van der Waals surface area contributed by atoms with E-state index in [-0.39, 0.29) is 11.3 Å². The van der Waals surface area contributed by atoms with Gasteiger partial charge in [0.2, 0.25) is 0 Å². The molecule has 1 amide bonds. The predicted octanol–water partition coefficient (Wildman–Crippen LogP) is 4.26. The van der Waals surface area contributed by atoms with E-state index in [2.05, 4.69) is 5.32 Å². The summed E-state index contributed by atoms with van der Waals surface area (Å²) in [7, 11) is 0. The molecule has 0 saturated heterocycles. The van der Waals surface area contributed by atoms with Crippen LogP contribution in [0.4, 0.5) is 5.69 Å². The average Bonchev–Trinajstić information content (AvgIpc) is 2.69. The first-order valence-corrected chi connectivity index (χ1v) is 9.37. The zero-order chi connectivity index (χ0) is 19.7. The maximum Gasteiger partial charge on any atom is 0.268 e. The lowest BCUT2D eigenvalue weighted by Crippen LogP contribution is -2.33. The maximum absolute atomic E-state index is 13.2. The van der Waals surface area contributed by atoms with Crippen molar-refractivity contribution in [1.29, 1.82) is 0 Å². The minimum atomic E-state index is -0.542. The number of pyridine rings is 1. The number of aromatic nitrogens is 1. The number of benzene rings is 2. The number of Topliss-reactive ketones (excluding diaryl/α,β-unsaturated/α-hetero) is 1. The van der Waals surface area contributed by atoms with Gasteiger partial charge >= 0.3 is 0 Å². The van der Waals surface area contributed by atoms with E-state index in [0.29, 0.717) is 46.9 Å². The Morgan fingerprint density at radius 1 is 0.964 bits per heavy atom. The Morgan fingerprint density at radius 2 is 1.68 bits per heavy atom. The van der Waals surface area contributed by atoms with Crippen molar-refractivity contribution in [2.75, 3.05) is 5.32 Å². The summed E-state index contributed by atoms with van der Waals surface area (Å²) >= 11 is 5.97. The largest absolute Gasteiger partial charge is 0.322 e. The summed E-state index contributed by atoms with van der Waals surface area (Å²) in [6.45, 7) is 0. The smallest absolute Gasteiger partial charge is 0.268 e. The maximum atomic E-state index is 13.2. The predicted molar refractivity (Wildman–Crippen MR) is 109 cm³/mol. The normalized spacial score (nSPS) is 13.1. The topological polar surface area (TPSA) is 68.2 Å². The monoisotopic (exact) mass is 392 g/mol. The number of hydrogen-bond acceptors (Lipinski definition) is 3. The second-order valence-corrected chi connectivity index (χ2v) is 7.07. The van der Waals surface area contributed by atoms with Crippen molar-refractivity contribution in [2.45, 2.75) is 19.3 Å². The molecule has 5 nitrogen and oxygen atoms in total. The van der Waals surface area contributed by atoms with Crippen molar-refractivity contribution in [3.8, 4) is 5.69 Å². The molecule has 4 rings (SSSR count). The van der Waals surface area contributed by atoms with Crippen LogP contribution in [-0.4, -0.2) is 16.3 Å². The first kappa shape index (κ1) is 18.2. The Hall–Kier alpha value is -3.18. The molecule has 0 radical (unpaired) electrons. The van der Waals surface area contributed by atoms with Crippen LogP contribution in [0.1, 0.15) is 39.3 Å². The molecule has 3 aromatic rings. The highest BCUT2D eigenvalue weighted by Gasteiger charge is 2.26. The van der Waals surface area contributed by atoms with Gasteiger partial charge in [-0.15, -0.1) is 0 Å². The molecule has 0 atom stereocenters. The van der Waals surface area contributed by atoms with E-state index in [4.69, 9.17) is 11.6 Å². The van der Waals surface area contributed by atoms with Crippen LogP contribution in [-0.2, 0) is 6.42 Å². The van der Waals surface area contributed by atoms with Crippen LogP contribution >= 0.6 is 11.6 Å². The Morgan fingerprint density at radius 3 is 2.39 bits per heavy atom. The van der Waals surface area contributed by atoms with Crippen molar-refractivity contribution < 1.29 is 9.59 Å². The van der Waals surface area contributed by atoms with Gasteiger partial charge in [0, 0.05) is 34.1 Å². The van der Waals surface area contributed by atoms with Crippen LogP contribution in [0.5, 0.6) is 0 Å². The molecule has 140 valence electrons. The number of amides is 1. The number of para-hydroxylation sites is 1. The Labute approximate surface area is 166 Å². The number of hydrogen-bond donors (Lipinski definition) is 1. The number of nitrogens with zero attached hydrogens (tertiary/aromatic N) is 1. The fourth-order valence-electron chi connectivity index (χ4n) is 3.44. The third-order valence-corrected chi connectivity index (χ3v) is 5.03. The number of fused-ring (bicyclic) bond motifs is 1. The Kier molecular flexibility index (Phi) is 4.84. The highest BCUT2D eigenvalue weighted by molar-refractivity contribution is 6.30. The number of ketones is 1. The van der Waals surface area contributed by atoms with Crippen LogP contribution < -0.4 is 10.9 Å². The van der Waals surface area contributed by atoms with E-state index in [1.54, 1.807) is 48.5 Å². The van der Waals surface area contributed by atoms with Crippen molar-refractivity contribution in [3.05, 3.63) is 92.9 Å². The number of carbonyl (C=O) groups is 2. The molecule has 0 spiro atoms. The summed E-state index contributed by atoms with van der Waals surface area (Å²) in [5.41, 5.74) is 1.71. The van der Waals surface area contributed by atoms with Gasteiger partial charge in [0.25, 0.3) is 11.5 Å². The van der Waals surface area contributed by atoms with Gasteiger partial charge in [-0.3, -0.25) is 19.0 Å². The van der Waals surface area contributed by atoms with Crippen molar-refractivity contribution in [2.24, 2.45) is 0 Å². The summed E-state index contributed by atoms with van der Waals surface area (Å²) < 4.78 is 1.46. The summed E-state index contributed by atoms with van der Waals surface area (Å²) in [4.78, 5) is 38.5. The second kappa shape index (κ2) is 7.44. The summed E-state index contributed by atoms with van der Waals surface area (Å²) in [6, 6.07) is 17.1. The van der Waals surface area contributed by atoms with E-state index in [9.17, 15) is 14.4 Å². The highest BCUT2D eigenvalue weighted by atomic mass is 35.5. The van der Waals surface area contributed by atoms with Gasteiger partial charge < -0.3 is 5.32 Å². The van der Waals surface area contributed by atoms with Crippen LogP contribution in [0.25, 0.3) is 5.69 Å². The van der Waals surface area contributed by atoms with Gasteiger partial charge in [-0.2, -0.15) is 0 Å². The molecule has 0 unspecified atom stereocenters. The van der Waals surface area contributed by atoms with E-state index >= 15 is 0 Å². The zero-order valence-electron chi connectivity index (χ0n) is 14.9. The molecular formula is C22H17ClN2O3. The second-order valence-electron chi connectivity index (χ2n) is 6.63. The summed E-state index contributed by atoms with van der Waals surface area (Å²) in [6.07, 6.45) is 1.68. The number of carbonyl (C=O) groups excluding carboxylic acids is 2. The van der Waals surface area contributed by atoms with Gasteiger partial charge in [-0.1, -0.05) is 29.8 Å². The minimum absolute atomic E-state index is 0.0577. The number of nitrogens with one attached hydrogen (secondary N) is 1. The first-order chi connectivity index (χ1) is 13.5. The van der Waals surface area contributed by atoms with Crippen LogP contribution in [0.15, 0.2) is 65.5 Å². The van der Waals surface area contributed by atoms with E-state index < -0.39 is 11.5 Å². The van der Waals surface area contributed by atoms with Crippen molar-refractivity contribution >= 4 is 29.0 Å². The van der Waals surface area contributed by atoms with E-state index in [1.165, 1.54) is 10.6 Å². The Balaban J connectivity index is 1.88. The molecule has 1 heterocycles. The Bertz CT molecular complexity index is 1120. The SMILES string of the molecule is O=C1CCCc2c1cc(C(=O)Nc1ccccc1)c(=O)n2-c1ccc(Cl)cc1. The molecule has 1 aromatic heterocycles. The van der Waals surface area contributed by atoms with E-state index in [0.717, 1.165) is 0 Å². The first-order valence-electron chi connectivity index (χ1n) is 8.99. The minimum Gasteiger partial charge on any atom is -0.322 e. The lowest BCUT2D eigenvalue weighted by atomic mass is 9.92. The molecule has 0 saturated carbocycles. The fraction of sp³-hybridized carbons (Fsp3) is 0.136. The summed E-state index contributed by atoms with van der Waals surface area (Å²) in [5.74, 6) is -0.599. The van der Waals surface area contributed by atoms with E-state index in [1.807, 2.05) is 6.07 Å².